The summed E-state index contributed by atoms with van der Waals surface area (Å²) in [4.78, 5) is 13.3. The molecule has 0 saturated carbocycles. The molecule has 0 aliphatic heterocycles. The number of carbonyl (C=O) groups excluding carboxylic acids is 1. The number of rotatable bonds is 7. The maximum Gasteiger partial charge on any atom is 0.229 e. The molecular weight excluding hydrogens is 240 g/mol. The molecule has 0 amide bonds. The van der Waals surface area contributed by atoms with Gasteiger partial charge in [0.15, 0.2) is 0 Å². The molecule has 14 heavy (non-hydrogen) atoms. The maximum absolute atomic E-state index is 10.9. The van der Waals surface area contributed by atoms with Crippen LogP contribution in [0.2, 0.25) is 0 Å². The zero-order valence-corrected chi connectivity index (χ0v) is 10.3. The van der Waals surface area contributed by atoms with Crippen LogP contribution in [-0.4, -0.2) is 5.78 Å². The Bertz CT molecular complexity index is 232. The van der Waals surface area contributed by atoms with Crippen molar-refractivity contribution in [3.63, 3.8) is 0 Å². The van der Waals surface area contributed by atoms with Gasteiger partial charge in [-0.05, 0) is 29.7 Å². The number of hydrogen-bond donors (Lipinski definition) is 0. The number of halogens is 1. The van der Waals surface area contributed by atoms with Crippen LogP contribution in [0.1, 0.15) is 45.4 Å². The summed E-state index contributed by atoms with van der Waals surface area (Å²) in [5.41, 5.74) is 0. The van der Waals surface area contributed by atoms with E-state index in [0.717, 1.165) is 6.42 Å². The Hall–Kier alpha value is -0.550. The Balaban J connectivity index is 3.34. The van der Waals surface area contributed by atoms with Crippen LogP contribution in [0.25, 0.3) is 0 Å². The van der Waals surface area contributed by atoms with Gasteiger partial charge in [0, 0.05) is 15.9 Å². The number of allylic oxidation sites excluding steroid dienone is 2. The summed E-state index contributed by atoms with van der Waals surface area (Å²) in [6.45, 7) is 2.21. The Labute approximate surface area is 95.1 Å². The fourth-order valence-corrected chi connectivity index (χ4v) is 1.34. The van der Waals surface area contributed by atoms with Crippen molar-refractivity contribution >= 4 is 21.7 Å². The molecule has 0 heterocycles. The minimum Gasteiger partial charge on any atom is -0.280 e. The third-order valence-corrected chi connectivity index (χ3v) is 2.11. The molecule has 78 valence electrons. The molecule has 1 nitrogen and oxygen atoms in total. The van der Waals surface area contributed by atoms with Gasteiger partial charge in [-0.25, -0.2) is 0 Å². The van der Waals surface area contributed by atoms with Gasteiger partial charge in [0.1, 0.15) is 0 Å². The van der Waals surface area contributed by atoms with Crippen LogP contribution in [0.4, 0.5) is 0 Å². The standard InChI is InChI=1S/C12H17BrO/c1-2-3-4-5-6-7-8-9-12(14)10-11-13/h8-9H,2-7H2,1H3/b9-8-. The van der Waals surface area contributed by atoms with Crippen molar-refractivity contribution < 1.29 is 4.79 Å². The van der Waals surface area contributed by atoms with Crippen LogP contribution in [0, 0.1) is 10.8 Å². The first-order valence-corrected chi connectivity index (χ1v) is 5.92. The summed E-state index contributed by atoms with van der Waals surface area (Å²) in [6, 6.07) is 0. The zero-order valence-electron chi connectivity index (χ0n) is 8.68. The maximum atomic E-state index is 10.9. The van der Waals surface area contributed by atoms with Crippen molar-refractivity contribution in [3.05, 3.63) is 12.2 Å². The van der Waals surface area contributed by atoms with Gasteiger partial charge in [0.05, 0.1) is 0 Å². The predicted molar refractivity (Wildman–Crippen MR) is 64.2 cm³/mol. The molecule has 0 aliphatic rings. The van der Waals surface area contributed by atoms with E-state index in [0.29, 0.717) is 0 Å². The van der Waals surface area contributed by atoms with Gasteiger partial charge in [-0.15, -0.1) is 0 Å². The lowest BCUT2D eigenvalue weighted by atomic mass is 10.1. The van der Waals surface area contributed by atoms with Crippen LogP contribution < -0.4 is 0 Å². The molecule has 0 aliphatic carbocycles. The van der Waals surface area contributed by atoms with Crippen molar-refractivity contribution in [1.82, 2.24) is 0 Å². The van der Waals surface area contributed by atoms with E-state index < -0.39 is 0 Å². The van der Waals surface area contributed by atoms with Gasteiger partial charge in [-0.1, -0.05) is 38.7 Å². The largest absolute Gasteiger partial charge is 0.280 e. The summed E-state index contributed by atoms with van der Waals surface area (Å²) in [6.07, 6.45) is 10.8. The Kier molecular flexibility index (Phi) is 10.1. The molecule has 0 aromatic heterocycles. The molecule has 2 heteroatoms. The van der Waals surface area contributed by atoms with Crippen LogP contribution in [-0.2, 0) is 4.79 Å². The summed E-state index contributed by atoms with van der Waals surface area (Å²) in [7, 11) is 0. The van der Waals surface area contributed by atoms with Crippen molar-refractivity contribution in [2.45, 2.75) is 45.4 Å². The third kappa shape index (κ3) is 9.54. The smallest absolute Gasteiger partial charge is 0.229 e. The van der Waals surface area contributed by atoms with Crippen molar-refractivity contribution in [1.29, 1.82) is 0 Å². The molecule has 0 aromatic rings. The van der Waals surface area contributed by atoms with Gasteiger partial charge in [-0.2, -0.15) is 0 Å². The second-order valence-electron chi connectivity index (χ2n) is 3.19. The average Bonchev–Trinajstić information content (AvgIpc) is 2.17. The third-order valence-electron chi connectivity index (χ3n) is 1.91. The molecular formula is C12H17BrO. The lowest BCUT2D eigenvalue weighted by Crippen LogP contribution is -1.84. The average molecular weight is 257 g/mol. The normalized spacial score (nSPS) is 9.86. The van der Waals surface area contributed by atoms with E-state index in [1.807, 2.05) is 6.08 Å². The van der Waals surface area contributed by atoms with E-state index in [-0.39, 0.29) is 5.78 Å². The summed E-state index contributed by atoms with van der Waals surface area (Å²) < 4.78 is 0. The van der Waals surface area contributed by atoms with E-state index in [1.54, 1.807) is 6.08 Å². The topological polar surface area (TPSA) is 17.1 Å². The van der Waals surface area contributed by atoms with Crippen molar-refractivity contribution in [2.75, 3.05) is 0 Å². The zero-order chi connectivity index (χ0) is 10.6. The fourth-order valence-electron chi connectivity index (χ4n) is 1.14. The monoisotopic (exact) mass is 256 g/mol. The van der Waals surface area contributed by atoms with Crippen LogP contribution in [0.3, 0.4) is 0 Å². The molecule has 0 rings (SSSR count). The van der Waals surface area contributed by atoms with E-state index in [1.165, 1.54) is 32.1 Å². The highest BCUT2D eigenvalue weighted by Gasteiger charge is 1.88. The van der Waals surface area contributed by atoms with E-state index in [4.69, 9.17) is 0 Å². The van der Waals surface area contributed by atoms with Gasteiger partial charge < -0.3 is 0 Å². The summed E-state index contributed by atoms with van der Waals surface area (Å²) in [5.74, 6) is 2.27. The number of hydrogen-bond acceptors (Lipinski definition) is 1. The van der Waals surface area contributed by atoms with Gasteiger partial charge in [0.2, 0.25) is 5.78 Å². The van der Waals surface area contributed by atoms with Crippen LogP contribution >= 0.6 is 15.9 Å². The molecule has 0 N–H and O–H groups in total. The second-order valence-corrected chi connectivity index (χ2v) is 3.59. The number of ketones is 1. The first-order chi connectivity index (χ1) is 6.81. The summed E-state index contributed by atoms with van der Waals surface area (Å²) in [5, 5.41) is 0. The molecule has 0 atom stereocenters. The molecule has 0 radical (unpaired) electrons. The van der Waals surface area contributed by atoms with E-state index >= 15 is 0 Å². The van der Waals surface area contributed by atoms with Gasteiger partial charge in [-0.3, -0.25) is 4.79 Å². The molecule has 0 spiro atoms. The van der Waals surface area contributed by atoms with Crippen molar-refractivity contribution in [3.8, 4) is 10.8 Å². The number of carbonyl (C=O) groups is 1. The lowest BCUT2D eigenvalue weighted by molar-refractivity contribution is -0.109. The molecule has 0 fully saturated rings. The highest BCUT2D eigenvalue weighted by Crippen LogP contribution is 2.05. The SMILES string of the molecule is CCCCCCC/C=C\C(=O)C#CBr. The summed E-state index contributed by atoms with van der Waals surface area (Å²) >= 11 is 2.89. The first-order valence-electron chi connectivity index (χ1n) is 5.13. The second kappa shape index (κ2) is 10.5. The lowest BCUT2D eigenvalue weighted by Gasteiger charge is -1.95. The Morgan fingerprint density at radius 3 is 2.64 bits per heavy atom. The highest BCUT2D eigenvalue weighted by molar-refractivity contribution is 9.12. The first kappa shape index (κ1) is 13.4. The van der Waals surface area contributed by atoms with E-state index in [9.17, 15) is 4.79 Å². The molecule has 0 saturated heterocycles. The van der Waals surface area contributed by atoms with Gasteiger partial charge >= 0.3 is 0 Å². The highest BCUT2D eigenvalue weighted by atomic mass is 79.9. The van der Waals surface area contributed by atoms with E-state index in [2.05, 4.69) is 33.6 Å². The molecule has 0 aromatic carbocycles. The Morgan fingerprint density at radius 2 is 2.00 bits per heavy atom. The van der Waals surface area contributed by atoms with Gasteiger partial charge in [0.25, 0.3) is 0 Å². The minimum absolute atomic E-state index is 0.129. The van der Waals surface area contributed by atoms with Crippen LogP contribution in [0.15, 0.2) is 12.2 Å². The quantitative estimate of drug-likeness (QED) is 0.385. The minimum atomic E-state index is -0.129. The molecule has 0 bridgehead atoms. The van der Waals surface area contributed by atoms with Crippen molar-refractivity contribution in [2.24, 2.45) is 0 Å². The fraction of sp³-hybridized carbons (Fsp3) is 0.583. The van der Waals surface area contributed by atoms with Crippen LogP contribution in [0.5, 0.6) is 0 Å². The predicted octanol–water partition coefficient (Wildman–Crippen LogP) is 3.83. The number of unbranched alkanes of at least 4 members (excludes halogenated alkanes) is 5. The Morgan fingerprint density at radius 1 is 1.29 bits per heavy atom. The molecule has 0 unspecified atom stereocenters.